The van der Waals surface area contributed by atoms with Crippen molar-refractivity contribution in [3.05, 3.63) is 47.8 Å². The summed E-state index contributed by atoms with van der Waals surface area (Å²) in [5.41, 5.74) is 3.88. The Labute approximate surface area is 103 Å². The first-order valence-electron chi connectivity index (χ1n) is 5.65. The van der Waals surface area contributed by atoms with Crippen LogP contribution in [0.15, 0.2) is 36.5 Å². The third kappa shape index (κ3) is 1.59. The van der Waals surface area contributed by atoms with Gasteiger partial charge in [0.2, 0.25) is 0 Å². The van der Waals surface area contributed by atoms with Crippen LogP contribution in [0.2, 0.25) is 0 Å². The molecule has 3 rings (SSSR count). The molecular formula is C14H12N2O2. The summed E-state index contributed by atoms with van der Waals surface area (Å²) in [6.45, 7) is 2.03. The molecule has 0 aliphatic carbocycles. The average Bonchev–Trinajstić information content (AvgIpc) is 2.93. The molecule has 0 amide bonds. The quantitative estimate of drug-likeness (QED) is 0.644. The maximum Gasteiger partial charge on any atom is 0.353 e. The molecule has 2 heterocycles. The molecule has 0 bridgehead atoms. The van der Waals surface area contributed by atoms with E-state index < -0.39 is 5.97 Å². The van der Waals surface area contributed by atoms with Crippen LogP contribution < -0.4 is 0 Å². The Balaban J connectivity index is 2.19. The van der Waals surface area contributed by atoms with Gasteiger partial charge in [0.15, 0.2) is 0 Å². The third-order valence-corrected chi connectivity index (χ3v) is 3.03. The minimum atomic E-state index is -0.954. The molecule has 2 aromatic heterocycles. The Hall–Kier alpha value is -2.49. The van der Waals surface area contributed by atoms with Crippen molar-refractivity contribution in [1.82, 2.24) is 9.97 Å². The summed E-state index contributed by atoms with van der Waals surface area (Å²) in [5.74, 6) is -0.954. The van der Waals surface area contributed by atoms with Crippen LogP contribution in [0.3, 0.4) is 0 Å². The highest BCUT2D eigenvalue weighted by atomic mass is 16.4. The highest BCUT2D eigenvalue weighted by Crippen LogP contribution is 2.27. The van der Waals surface area contributed by atoms with Crippen molar-refractivity contribution >= 4 is 16.9 Å². The zero-order chi connectivity index (χ0) is 12.7. The van der Waals surface area contributed by atoms with E-state index in [1.807, 2.05) is 31.2 Å². The molecule has 3 aromatic rings. The van der Waals surface area contributed by atoms with Crippen LogP contribution in [0.5, 0.6) is 0 Å². The second-order valence-corrected chi connectivity index (χ2v) is 4.35. The number of hydrogen-bond acceptors (Lipinski definition) is 1. The molecule has 0 saturated carbocycles. The van der Waals surface area contributed by atoms with E-state index >= 15 is 0 Å². The van der Waals surface area contributed by atoms with E-state index in [9.17, 15) is 4.79 Å². The third-order valence-electron chi connectivity index (χ3n) is 3.03. The second-order valence-electron chi connectivity index (χ2n) is 4.35. The number of aromatic amines is 2. The molecule has 4 heteroatoms. The van der Waals surface area contributed by atoms with Crippen LogP contribution in [0, 0.1) is 6.92 Å². The van der Waals surface area contributed by atoms with Crippen LogP contribution in [-0.2, 0) is 0 Å². The molecule has 0 radical (unpaired) electrons. The summed E-state index contributed by atoms with van der Waals surface area (Å²) in [6.07, 6.45) is 1.63. The van der Waals surface area contributed by atoms with E-state index in [1.54, 1.807) is 12.3 Å². The summed E-state index contributed by atoms with van der Waals surface area (Å²) >= 11 is 0. The van der Waals surface area contributed by atoms with E-state index in [0.717, 1.165) is 16.6 Å². The number of nitrogens with one attached hydrogen (secondary N) is 2. The van der Waals surface area contributed by atoms with Gasteiger partial charge in [-0.15, -0.1) is 0 Å². The molecule has 1 aromatic carbocycles. The van der Waals surface area contributed by atoms with Gasteiger partial charge in [-0.1, -0.05) is 12.1 Å². The molecule has 0 atom stereocenters. The van der Waals surface area contributed by atoms with Crippen LogP contribution >= 0.6 is 0 Å². The minimum absolute atomic E-state index is 0.207. The molecule has 90 valence electrons. The first-order valence-corrected chi connectivity index (χ1v) is 5.65. The van der Waals surface area contributed by atoms with Crippen molar-refractivity contribution in [2.45, 2.75) is 6.92 Å². The van der Waals surface area contributed by atoms with Gasteiger partial charge in [-0.25, -0.2) is 4.79 Å². The van der Waals surface area contributed by atoms with Gasteiger partial charge >= 0.3 is 5.97 Å². The number of carboxylic acid groups (broad SMARTS) is 1. The molecule has 0 saturated heterocycles. The summed E-state index contributed by atoms with van der Waals surface area (Å²) in [7, 11) is 0. The summed E-state index contributed by atoms with van der Waals surface area (Å²) < 4.78 is 0. The Morgan fingerprint density at radius 1 is 1.22 bits per heavy atom. The normalized spacial score (nSPS) is 10.9. The number of carbonyl (C=O) groups is 1. The lowest BCUT2D eigenvalue weighted by atomic mass is 10.1. The summed E-state index contributed by atoms with van der Waals surface area (Å²) in [4.78, 5) is 17.1. The fourth-order valence-electron chi connectivity index (χ4n) is 2.16. The molecule has 18 heavy (non-hydrogen) atoms. The molecule has 0 fully saturated rings. The average molecular weight is 240 g/mol. The van der Waals surface area contributed by atoms with Crippen LogP contribution in [0.4, 0.5) is 0 Å². The molecule has 0 spiro atoms. The highest BCUT2D eigenvalue weighted by Gasteiger charge is 2.14. The number of rotatable bonds is 2. The zero-order valence-electron chi connectivity index (χ0n) is 9.82. The molecule has 3 N–H and O–H groups in total. The van der Waals surface area contributed by atoms with Gasteiger partial charge < -0.3 is 15.1 Å². The number of aryl methyl sites for hydroxylation is 1. The first kappa shape index (κ1) is 10.7. The highest BCUT2D eigenvalue weighted by molar-refractivity contribution is 5.96. The fraction of sp³-hybridized carbons (Fsp3) is 0.0714. The van der Waals surface area contributed by atoms with Crippen molar-refractivity contribution < 1.29 is 9.90 Å². The van der Waals surface area contributed by atoms with Crippen LogP contribution in [-0.4, -0.2) is 21.0 Å². The second kappa shape index (κ2) is 3.77. The van der Waals surface area contributed by atoms with Crippen LogP contribution in [0.1, 0.15) is 16.1 Å². The van der Waals surface area contributed by atoms with E-state index in [4.69, 9.17) is 5.11 Å². The summed E-state index contributed by atoms with van der Waals surface area (Å²) in [6, 6.07) is 9.84. The Bertz CT molecular complexity index is 737. The first-order chi connectivity index (χ1) is 8.65. The largest absolute Gasteiger partial charge is 0.477 e. The lowest BCUT2D eigenvalue weighted by Gasteiger charge is -1.96. The minimum Gasteiger partial charge on any atom is -0.477 e. The smallest absolute Gasteiger partial charge is 0.353 e. The Kier molecular flexibility index (Phi) is 2.23. The molecule has 4 nitrogen and oxygen atoms in total. The predicted octanol–water partition coefficient (Wildman–Crippen LogP) is 3.17. The number of hydrogen-bond donors (Lipinski definition) is 3. The maximum absolute atomic E-state index is 11.1. The fourth-order valence-corrected chi connectivity index (χ4v) is 2.16. The van der Waals surface area contributed by atoms with Gasteiger partial charge in [-0.05, 0) is 30.7 Å². The van der Waals surface area contributed by atoms with E-state index in [2.05, 4.69) is 9.97 Å². The SMILES string of the molecule is Cc1ccc2cc(-c3cc[nH]c3C(=O)O)[nH]c2c1. The zero-order valence-corrected chi connectivity index (χ0v) is 9.82. The van der Waals surface area contributed by atoms with E-state index in [1.165, 1.54) is 5.56 Å². The molecular weight excluding hydrogens is 228 g/mol. The molecule has 0 unspecified atom stereocenters. The lowest BCUT2D eigenvalue weighted by molar-refractivity contribution is 0.0692. The Morgan fingerprint density at radius 2 is 2.06 bits per heavy atom. The maximum atomic E-state index is 11.1. The predicted molar refractivity (Wildman–Crippen MR) is 69.8 cm³/mol. The molecule has 0 aliphatic rings. The number of aromatic carboxylic acids is 1. The van der Waals surface area contributed by atoms with Gasteiger partial charge in [0.1, 0.15) is 5.69 Å². The lowest BCUT2D eigenvalue weighted by Crippen LogP contribution is -1.98. The monoisotopic (exact) mass is 240 g/mol. The van der Waals surface area contributed by atoms with Crippen molar-refractivity contribution in [3.63, 3.8) is 0 Å². The summed E-state index contributed by atoms with van der Waals surface area (Å²) in [5, 5.41) is 10.2. The number of benzene rings is 1. The standard InChI is InChI=1S/C14H12N2O2/c1-8-2-3-9-7-12(16-11(9)6-8)10-4-5-15-13(10)14(17)18/h2-7,15-16H,1H3,(H,17,18). The Morgan fingerprint density at radius 3 is 2.83 bits per heavy atom. The van der Waals surface area contributed by atoms with Gasteiger partial charge in [0.05, 0.1) is 0 Å². The van der Waals surface area contributed by atoms with Crippen molar-refractivity contribution in [2.24, 2.45) is 0 Å². The van der Waals surface area contributed by atoms with Gasteiger partial charge in [-0.2, -0.15) is 0 Å². The van der Waals surface area contributed by atoms with Gasteiger partial charge in [0.25, 0.3) is 0 Å². The van der Waals surface area contributed by atoms with Crippen molar-refractivity contribution in [3.8, 4) is 11.3 Å². The number of H-pyrrole nitrogens is 2. The topological polar surface area (TPSA) is 68.9 Å². The number of carboxylic acids is 1. The number of fused-ring (bicyclic) bond motifs is 1. The van der Waals surface area contributed by atoms with E-state index in [0.29, 0.717) is 5.56 Å². The van der Waals surface area contributed by atoms with Crippen molar-refractivity contribution in [2.75, 3.05) is 0 Å². The van der Waals surface area contributed by atoms with Gasteiger partial charge in [-0.3, -0.25) is 0 Å². The number of aromatic nitrogens is 2. The molecule has 0 aliphatic heterocycles. The van der Waals surface area contributed by atoms with E-state index in [-0.39, 0.29) is 5.69 Å². The van der Waals surface area contributed by atoms with Crippen LogP contribution in [0.25, 0.3) is 22.2 Å². The van der Waals surface area contributed by atoms with Gasteiger partial charge in [0, 0.05) is 28.4 Å². The van der Waals surface area contributed by atoms with Crippen molar-refractivity contribution in [1.29, 1.82) is 0 Å².